The zero-order valence-electron chi connectivity index (χ0n) is 15.6. The highest BCUT2D eigenvalue weighted by molar-refractivity contribution is 7.85. The summed E-state index contributed by atoms with van der Waals surface area (Å²) in [7, 11) is -4.42. The first kappa shape index (κ1) is 22.9. The molecule has 0 heterocycles. The molecule has 0 saturated heterocycles. The predicted molar refractivity (Wildman–Crippen MR) is 97.6 cm³/mol. The number of para-hydroxylation sites is 1. The Morgan fingerprint density at radius 3 is 2.04 bits per heavy atom. The van der Waals surface area contributed by atoms with E-state index in [4.69, 9.17) is 19.1 Å². The van der Waals surface area contributed by atoms with E-state index in [1.807, 2.05) is 45.9 Å². The topological polar surface area (TPSA) is 139 Å². The predicted octanol–water partition coefficient (Wildman–Crippen LogP) is 2.34. The first-order valence-electron chi connectivity index (χ1n) is 8.31. The van der Waals surface area contributed by atoms with Gasteiger partial charge in [0.05, 0.1) is 0 Å². The summed E-state index contributed by atoms with van der Waals surface area (Å²) in [5, 5.41) is 11.1. The maximum absolute atomic E-state index is 12.1. The highest BCUT2D eigenvalue weighted by Crippen LogP contribution is 2.34. The third-order valence-electron chi connectivity index (χ3n) is 3.68. The third-order valence-corrected chi connectivity index (χ3v) is 4.21. The molecule has 10 heteroatoms. The van der Waals surface area contributed by atoms with E-state index in [1.54, 1.807) is 0 Å². The molecule has 152 valence electrons. The van der Waals surface area contributed by atoms with Crippen LogP contribution in [0.1, 0.15) is 50.7 Å². The van der Waals surface area contributed by atoms with Crippen LogP contribution in [0.2, 0.25) is 0 Å². The minimum atomic E-state index is -4.42. The van der Waals surface area contributed by atoms with Crippen molar-refractivity contribution in [3.8, 4) is 5.75 Å². The molecule has 1 rings (SSSR count). The molecule has 0 bridgehead atoms. The molecule has 0 saturated carbocycles. The lowest BCUT2D eigenvalue weighted by atomic mass is 9.94. The van der Waals surface area contributed by atoms with Gasteiger partial charge >= 0.3 is 12.1 Å². The van der Waals surface area contributed by atoms with Crippen molar-refractivity contribution in [2.45, 2.75) is 45.6 Å². The zero-order chi connectivity index (χ0) is 20.8. The fourth-order valence-electron chi connectivity index (χ4n) is 2.29. The van der Waals surface area contributed by atoms with E-state index in [9.17, 15) is 18.0 Å². The number of carboxylic acids is 1. The Morgan fingerprint density at radius 2 is 1.63 bits per heavy atom. The Labute approximate surface area is 158 Å². The van der Waals surface area contributed by atoms with Crippen LogP contribution in [0, 0.1) is 0 Å². The average molecular weight is 403 g/mol. The van der Waals surface area contributed by atoms with Crippen molar-refractivity contribution in [1.29, 1.82) is 0 Å². The lowest BCUT2D eigenvalue weighted by Gasteiger charge is -2.19. The van der Waals surface area contributed by atoms with Crippen molar-refractivity contribution in [2.24, 2.45) is 0 Å². The van der Waals surface area contributed by atoms with E-state index >= 15 is 0 Å². The molecule has 0 aliphatic rings. The largest absolute Gasteiger partial charge is 0.513 e. The first-order valence-corrected chi connectivity index (χ1v) is 9.92. The fourth-order valence-corrected chi connectivity index (χ4v) is 2.70. The van der Waals surface area contributed by atoms with Crippen molar-refractivity contribution in [3.05, 3.63) is 29.3 Å². The van der Waals surface area contributed by atoms with E-state index in [2.05, 4.69) is 5.32 Å². The van der Waals surface area contributed by atoms with Crippen LogP contribution in [0.25, 0.3) is 0 Å². The molecule has 1 aromatic carbocycles. The Balaban J connectivity index is 2.86. The van der Waals surface area contributed by atoms with Crippen molar-refractivity contribution >= 4 is 22.2 Å². The van der Waals surface area contributed by atoms with Crippen molar-refractivity contribution in [1.82, 2.24) is 5.32 Å². The second kappa shape index (κ2) is 9.67. The van der Waals surface area contributed by atoms with E-state index in [0.29, 0.717) is 5.75 Å². The number of carbonyl (C=O) groups excluding carboxylic acids is 1. The molecule has 27 heavy (non-hydrogen) atoms. The first-order chi connectivity index (χ1) is 12.4. The van der Waals surface area contributed by atoms with Gasteiger partial charge in [-0.3, -0.25) is 14.7 Å². The van der Waals surface area contributed by atoms with Crippen LogP contribution in [0.5, 0.6) is 5.75 Å². The Bertz CT molecular complexity index is 747. The number of rotatable bonds is 9. The molecular formula is C17H25NO8S. The molecule has 0 radical (unpaired) electrons. The monoisotopic (exact) mass is 403 g/mol. The number of carbonyl (C=O) groups is 2. The molecule has 0 aromatic heterocycles. The van der Waals surface area contributed by atoms with Crippen LogP contribution in [0.3, 0.4) is 0 Å². The molecular weight excluding hydrogens is 378 g/mol. The van der Waals surface area contributed by atoms with Gasteiger partial charge in [-0.2, -0.15) is 8.42 Å². The molecule has 1 aromatic rings. The van der Waals surface area contributed by atoms with Gasteiger partial charge in [-0.1, -0.05) is 45.9 Å². The molecule has 0 aliphatic carbocycles. The summed E-state index contributed by atoms with van der Waals surface area (Å²) in [5.41, 5.74) is 1.61. The molecule has 1 atom stereocenters. The maximum atomic E-state index is 12.1. The number of carboxylic acid groups (broad SMARTS) is 1. The van der Waals surface area contributed by atoms with Gasteiger partial charge in [0.25, 0.3) is 10.1 Å². The van der Waals surface area contributed by atoms with Crippen LogP contribution in [0.4, 0.5) is 4.79 Å². The van der Waals surface area contributed by atoms with Gasteiger partial charge in [-0.15, -0.1) is 0 Å². The second-order valence-corrected chi connectivity index (χ2v) is 8.01. The smallest absolute Gasteiger partial charge is 0.480 e. The maximum Gasteiger partial charge on any atom is 0.513 e. The Kier molecular flexibility index (Phi) is 8.20. The molecule has 3 N–H and O–H groups in total. The van der Waals surface area contributed by atoms with E-state index < -0.39 is 40.8 Å². The highest BCUT2D eigenvalue weighted by atomic mass is 32.2. The van der Waals surface area contributed by atoms with E-state index in [1.165, 1.54) is 0 Å². The number of hydrogen-bond acceptors (Lipinski definition) is 7. The van der Waals surface area contributed by atoms with Crippen LogP contribution < -0.4 is 10.1 Å². The van der Waals surface area contributed by atoms with Crippen molar-refractivity contribution < 1.29 is 37.1 Å². The van der Waals surface area contributed by atoms with E-state index in [0.717, 1.165) is 11.1 Å². The Hall–Kier alpha value is -2.17. The van der Waals surface area contributed by atoms with Gasteiger partial charge in [-0.05, 0) is 23.0 Å². The molecule has 0 unspecified atom stereocenters. The van der Waals surface area contributed by atoms with Crippen LogP contribution in [-0.4, -0.2) is 48.7 Å². The number of aliphatic carboxylic acids is 1. The minimum absolute atomic E-state index is 0.0784. The van der Waals surface area contributed by atoms with Crippen LogP contribution in [-0.2, 0) is 19.6 Å². The summed E-state index contributed by atoms with van der Waals surface area (Å²) in [4.78, 5) is 23.2. The summed E-state index contributed by atoms with van der Waals surface area (Å²) in [6.45, 7) is 7.09. The summed E-state index contributed by atoms with van der Waals surface area (Å²) < 4.78 is 40.2. The van der Waals surface area contributed by atoms with E-state index in [-0.39, 0.29) is 11.8 Å². The third kappa shape index (κ3) is 7.53. The Morgan fingerprint density at radius 1 is 1.11 bits per heavy atom. The SMILES string of the molecule is CC(C)c1cccc(C(C)C)c1OC(=O)OC[C@H](NCS(=O)(=O)O)C(=O)O. The van der Waals surface area contributed by atoms with Crippen LogP contribution in [0.15, 0.2) is 18.2 Å². The summed E-state index contributed by atoms with van der Waals surface area (Å²) >= 11 is 0. The molecule has 0 aliphatic heterocycles. The lowest BCUT2D eigenvalue weighted by Crippen LogP contribution is -2.43. The van der Waals surface area contributed by atoms with Gasteiger partial charge in [0.15, 0.2) is 0 Å². The second-order valence-electron chi connectivity index (χ2n) is 6.56. The number of benzene rings is 1. The minimum Gasteiger partial charge on any atom is -0.480 e. The van der Waals surface area contributed by atoms with Crippen LogP contribution >= 0.6 is 0 Å². The molecule has 0 amide bonds. The molecule has 0 spiro atoms. The van der Waals surface area contributed by atoms with Gasteiger partial charge in [-0.25, -0.2) is 4.79 Å². The van der Waals surface area contributed by atoms with Gasteiger partial charge in [0, 0.05) is 0 Å². The van der Waals surface area contributed by atoms with Gasteiger partial charge in [0.1, 0.15) is 24.3 Å². The summed E-state index contributed by atoms with van der Waals surface area (Å²) in [5.74, 6) is -1.91. The van der Waals surface area contributed by atoms with Crippen molar-refractivity contribution in [3.63, 3.8) is 0 Å². The lowest BCUT2D eigenvalue weighted by molar-refractivity contribution is -0.140. The molecule has 0 fully saturated rings. The highest BCUT2D eigenvalue weighted by Gasteiger charge is 2.23. The average Bonchev–Trinajstić information content (AvgIpc) is 2.53. The standard InChI is InChI=1S/C17H25NO8S/c1-10(2)12-6-5-7-13(11(3)4)15(12)26-17(21)25-8-14(16(19)20)18-9-27(22,23)24/h5-7,10-11,14,18H,8-9H2,1-4H3,(H,19,20)(H,22,23,24)/t14-/m0/s1. The zero-order valence-corrected chi connectivity index (χ0v) is 16.4. The summed E-state index contributed by atoms with van der Waals surface area (Å²) in [6.07, 6.45) is -1.11. The van der Waals surface area contributed by atoms with Gasteiger partial charge in [0.2, 0.25) is 0 Å². The number of nitrogens with one attached hydrogen (secondary N) is 1. The van der Waals surface area contributed by atoms with Gasteiger partial charge < -0.3 is 14.6 Å². The quantitative estimate of drug-likeness (QED) is 0.322. The normalized spacial score (nSPS) is 12.9. The molecule has 9 nitrogen and oxygen atoms in total. The number of ether oxygens (including phenoxy) is 2. The number of hydrogen-bond donors (Lipinski definition) is 3. The summed E-state index contributed by atoms with van der Waals surface area (Å²) in [6, 6.07) is 3.99. The van der Waals surface area contributed by atoms with Crippen molar-refractivity contribution in [2.75, 3.05) is 12.5 Å². The fraction of sp³-hybridized carbons (Fsp3) is 0.529.